The maximum absolute atomic E-state index is 13.1. The first-order valence-corrected chi connectivity index (χ1v) is 11.8. The zero-order valence-corrected chi connectivity index (χ0v) is 19.7. The maximum Gasteiger partial charge on any atom is 0.333 e. The van der Waals surface area contributed by atoms with Gasteiger partial charge >= 0.3 is 5.69 Å². The van der Waals surface area contributed by atoms with Gasteiger partial charge in [0, 0.05) is 24.7 Å². The molecule has 11 heteroatoms. The summed E-state index contributed by atoms with van der Waals surface area (Å²) in [5.41, 5.74) is -0.449. The van der Waals surface area contributed by atoms with Crippen LogP contribution in [0.5, 0.6) is 5.75 Å². The number of anilines is 2. The summed E-state index contributed by atoms with van der Waals surface area (Å²) in [5, 5.41) is 3.84. The van der Waals surface area contributed by atoms with Crippen LogP contribution in [0.15, 0.2) is 40.4 Å². The third kappa shape index (κ3) is 4.67. The van der Waals surface area contributed by atoms with E-state index in [1.807, 2.05) is 0 Å². The lowest BCUT2D eigenvalue weighted by Crippen LogP contribution is -2.41. The molecule has 1 N–H and O–H groups in total. The SMILES string of the molecule is C=CCn1c(=O)c2sc(N3CCCCC3)nc2n(CC(=O)Nc2cc(Cl)ccc2OC)c1=O. The van der Waals surface area contributed by atoms with Gasteiger partial charge in [-0.05, 0) is 37.5 Å². The topological polar surface area (TPSA) is 98.5 Å². The first-order chi connectivity index (χ1) is 15.9. The Morgan fingerprint density at radius 2 is 2.03 bits per heavy atom. The van der Waals surface area contributed by atoms with Crippen molar-refractivity contribution < 1.29 is 9.53 Å². The summed E-state index contributed by atoms with van der Waals surface area (Å²) >= 11 is 7.30. The summed E-state index contributed by atoms with van der Waals surface area (Å²) in [6.07, 6.45) is 4.73. The largest absolute Gasteiger partial charge is 0.495 e. The fourth-order valence-electron chi connectivity index (χ4n) is 3.83. The second-order valence-electron chi connectivity index (χ2n) is 7.66. The van der Waals surface area contributed by atoms with Crippen LogP contribution in [0, 0.1) is 0 Å². The van der Waals surface area contributed by atoms with Crippen molar-refractivity contribution in [2.75, 3.05) is 30.4 Å². The monoisotopic (exact) mass is 489 g/mol. The smallest absolute Gasteiger partial charge is 0.333 e. The Morgan fingerprint density at radius 3 is 2.73 bits per heavy atom. The minimum absolute atomic E-state index is 0.0360. The molecule has 1 amide bonds. The first kappa shape index (κ1) is 23.1. The number of carbonyl (C=O) groups is 1. The van der Waals surface area contributed by atoms with Crippen LogP contribution in [0.2, 0.25) is 5.02 Å². The Kier molecular flexibility index (Phi) is 6.85. The molecule has 1 fully saturated rings. The Hall–Kier alpha value is -3.11. The van der Waals surface area contributed by atoms with Crippen LogP contribution >= 0.6 is 22.9 Å². The van der Waals surface area contributed by atoms with E-state index in [1.54, 1.807) is 18.2 Å². The van der Waals surface area contributed by atoms with E-state index in [-0.39, 0.29) is 18.7 Å². The fraction of sp³-hybridized carbons (Fsp3) is 0.364. The van der Waals surface area contributed by atoms with Gasteiger partial charge in [-0.2, -0.15) is 0 Å². The highest BCUT2D eigenvalue weighted by atomic mass is 35.5. The number of halogens is 1. The highest BCUT2D eigenvalue weighted by Crippen LogP contribution is 2.29. The van der Waals surface area contributed by atoms with E-state index in [1.165, 1.54) is 29.1 Å². The number of nitrogens with one attached hydrogen (secondary N) is 1. The molecule has 0 spiro atoms. The number of rotatable bonds is 7. The summed E-state index contributed by atoms with van der Waals surface area (Å²) in [7, 11) is 1.48. The number of methoxy groups -OCH3 is 1. The number of benzene rings is 1. The van der Waals surface area contributed by atoms with E-state index in [0.29, 0.717) is 26.3 Å². The van der Waals surface area contributed by atoms with Crippen molar-refractivity contribution in [3.63, 3.8) is 0 Å². The molecule has 0 radical (unpaired) electrons. The molecule has 4 rings (SSSR count). The van der Waals surface area contributed by atoms with Gasteiger partial charge in [0.15, 0.2) is 10.8 Å². The van der Waals surface area contributed by atoms with Crippen molar-refractivity contribution in [3.05, 3.63) is 56.7 Å². The van der Waals surface area contributed by atoms with Crippen LogP contribution in [0.25, 0.3) is 10.3 Å². The van der Waals surface area contributed by atoms with E-state index in [0.717, 1.165) is 36.9 Å². The Labute approximate surface area is 198 Å². The minimum Gasteiger partial charge on any atom is -0.495 e. The molecule has 3 heterocycles. The molecule has 9 nitrogen and oxygen atoms in total. The number of amides is 1. The third-order valence-corrected chi connectivity index (χ3v) is 6.76. The van der Waals surface area contributed by atoms with Gasteiger partial charge < -0.3 is 15.0 Å². The molecule has 0 atom stereocenters. The molecular formula is C22H24ClN5O4S. The zero-order chi connectivity index (χ0) is 23.5. The molecule has 1 saturated heterocycles. The van der Waals surface area contributed by atoms with E-state index in [9.17, 15) is 14.4 Å². The second-order valence-corrected chi connectivity index (χ2v) is 9.08. The van der Waals surface area contributed by atoms with E-state index in [2.05, 4.69) is 21.8 Å². The molecule has 0 bridgehead atoms. The summed E-state index contributed by atoms with van der Waals surface area (Å²) in [6, 6.07) is 4.84. The predicted octanol–water partition coefficient (Wildman–Crippen LogP) is 3.10. The van der Waals surface area contributed by atoms with Crippen LogP contribution < -0.4 is 26.2 Å². The van der Waals surface area contributed by atoms with Crippen LogP contribution in [0.4, 0.5) is 10.8 Å². The van der Waals surface area contributed by atoms with Gasteiger partial charge in [-0.15, -0.1) is 6.58 Å². The van der Waals surface area contributed by atoms with Gasteiger partial charge in [0.25, 0.3) is 5.56 Å². The van der Waals surface area contributed by atoms with Crippen molar-refractivity contribution in [2.45, 2.75) is 32.4 Å². The lowest BCUT2D eigenvalue weighted by atomic mass is 10.1. The predicted molar refractivity (Wildman–Crippen MR) is 131 cm³/mol. The maximum atomic E-state index is 13.1. The molecule has 1 aliphatic rings. The van der Waals surface area contributed by atoms with Crippen molar-refractivity contribution in [2.24, 2.45) is 0 Å². The molecule has 2 aromatic heterocycles. The molecule has 0 saturated carbocycles. The number of aromatic nitrogens is 3. The second kappa shape index (κ2) is 9.80. The molecule has 3 aromatic rings. The normalized spacial score (nSPS) is 13.8. The van der Waals surface area contributed by atoms with Gasteiger partial charge in [0.2, 0.25) is 5.91 Å². The number of piperidine rings is 1. The molecule has 1 aromatic carbocycles. The van der Waals surface area contributed by atoms with Crippen molar-refractivity contribution in [3.8, 4) is 5.75 Å². The van der Waals surface area contributed by atoms with Crippen LogP contribution in [-0.2, 0) is 17.9 Å². The molecule has 1 aliphatic heterocycles. The fourth-order valence-corrected chi connectivity index (χ4v) is 5.08. The highest BCUT2D eigenvalue weighted by Gasteiger charge is 2.22. The summed E-state index contributed by atoms with van der Waals surface area (Å²) in [4.78, 5) is 45.8. The van der Waals surface area contributed by atoms with Crippen LogP contribution in [-0.4, -0.2) is 40.2 Å². The molecule has 174 valence electrons. The number of allylic oxidation sites excluding steroid dienone is 1. The first-order valence-electron chi connectivity index (χ1n) is 10.6. The van der Waals surface area contributed by atoms with Gasteiger partial charge in [0.1, 0.15) is 17.0 Å². The number of fused-ring (bicyclic) bond motifs is 1. The Bertz CT molecular complexity index is 1320. The van der Waals surface area contributed by atoms with Crippen molar-refractivity contribution in [1.29, 1.82) is 0 Å². The van der Waals surface area contributed by atoms with Crippen LogP contribution in [0.3, 0.4) is 0 Å². The van der Waals surface area contributed by atoms with E-state index in [4.69, 9.17) is 16.3 Å². The number of nitrogens with zero attached hydrogens (tertiary/aromatic N) is 4. The Morgan fingerprint density at radius 1 is 1.27 bits per heavy atom. The molecular weight excluding hydrogens is 466 g/mol. The number of hydrogen-bond donors (Lipinski definition) is 1. The van der Waals surface area contributed by atoms with Crippen molar-refractivity contribution in [1.82, 2.24) is 14.1 Å². The molecule has 33 heavy (non-hydrogen) atoms. The lowest BCUT2D eigenvalue weighted by Gasteiger charge is -2.25. The highest BCUT2D eigenvalue weighted by molar-refractivity contribution is 7.22. The average molecular weight is 490 g/mol. The van der Waals surface area contributed by atoms with Gasteiger partial charge in [-0.25, -0.2) is 9.78 Å². The summed E-state index contributed by atoms with van der Waals surface area (Å²) in [6.45, 7) is 5.04. The number of hydrogen-bond acceptors (Lipinski definition) is 7. The number of thiazole rings is 1. The third-order valence-electron chi connectivity index (χ3n) is 5.43. The number of carbonyl (C=O) groups excluding carboxylic acids is 1. The van der Waals surface area contributed by atoms with Crippen molar-refractivity contribution >= 4 is 50.0 Å². The Balaban J connectivity index is 1.75. The minimum atomic E-state index is -0.615. The quantitative estimate of drug-likeness (QED) is 0.512. The zero-order valence-electron chi connectivity index (χ0n) is 18.2. The number of ether oxygens (including phenoxy) is 1. The standard InChI is InChI=1S/C22H24ClN5O4S/c1-3-9-27-20(30)18-19(25-21(33-18)26-10-5-4-6-11-26)28(22(27)31)13-17(29)24-15-12-14(23)7-8-16(15)32-2/h3,7-8,12H,1,4-6,9-11,13H2,2H3,(H,24,29). The van der Waals surface area contributed by atoms with Gasteiger partial charge in [-0.1, -0.05) is 29.0 Å². The van der Waals surface area contributed by atoms with Crippen LogP contribution in [0.1, 0.15) is 19.3 Å². The van der Waals surface area contributed by atoms with E-state index < -0.39 is 17.2 Å². The van der Waals surface area contributed by atoms with Gasteiger partial charge in [0.05, 0.1) is 12.8 Å². The summed E-state index contributed by atoms with van der Waals surface area (Å²) in [5.74, 6) is -0.0433. The lowest BCUT2D eigenvalue weighted by molar-refractivity contribution is -0.116. The molecule has 0 unspecified atom stereocenters. The van der Waals surface area contributed by atoms with Gasteiger partial charge in [-0.3, -0.25) is 18.7 Å². The summed E-state index contributed by atoms with van der Waals surface area (Å²) < 4.78 is 7.91. The van der Waals surface area contributed by atoms with E-state index >= 15 is 0 Å². The molecule has 0 aliphatic carbocycles. The average Bonchev–Trinajstić information content (AvgIpc) is 3.26.